The third-order valence-corrected chi connectivity index (χ3v) is 3.02. The van der Waals surface area contributed by atoms with Crippen molar-refractivity contribution < 1.29 is 9.53 Å². The lowest BCUT2D eigenvalue weighted by Crippen LogP contribution is -2.26. The third-order valence-electron chi connectivity index (χ3n) is 3.02. The molecule has 1 aromatic carbocycles. The highest BCUT2D eigenvalue weighted by atomic mass is 16.5. The Kier molecular flexibility index (Phi) is 7.97. The largest absolute Gasteiger partial charge is 0.382 e. The Bertz CT molecular complexity index is 384. The molecule has 20 heavy (non-hydrogen) atoms. The van der Waals surface area contributed by atoms with Crippen molar-refractivity contribution >= 4 is 5.91 Å². The average Bonchev–Trinajstić information content (AvgIpc) is 2.40. The molecular formula is C17H27NO2. The molecule has 1 rings (SSSR count). The lowest BCUT2D eigenvalue weighted by atomic mass is 10.0. The van der Waals surface area contributed by atoms with Gasteiger partial charge >= 0.3 is 0 Å². The van der Waals surface area contributed by atoms with Gasteiger partial charge in [0.15, 0.2) is 0 Å². The van der Waals surface area contributed by atoms with Crippen LogP contribution in [0.3, 0.4) is 0 Å². The SMILES string of the molecule is CCOCCCNC(=O)Cc1ccc(CC(C)C)cc1. The predicted molar refractivity (Wildman–Crippen MR) is 82.8 cm³/mol. The number of hydrogen-bond donors (Lipinski definition) is 1. The van der Waals surface area contributed by atoms with Gasteiger partial charge in [-0.05, 0) is 36.8 Å². The Balaban J connectivity index is 2.27. The zero-order valence-electron chi connectivity index (χ0n) is 12.9. The van der Waals surface area contributed by atoms with Crippen LogP contribution in [-0.4, -0.2) is 25.7 Å². The average molecular weight is 277 g/mol. The highest BCUT2D eigenvalue weighted by Gasteiger charge is 2.03. The van der Waals surface area contributed by atoms with E-state index in [9.17, 15) is 4.79 Å². The normalized spacial score (nSPS) is 10.8. The third kappa shape index (κ3) is 7.29. The lowest BCUT2D eigenvalue weighted by Gasteiger charge is -2.07. The van der Waals surface area contributed by atoms with E-state index in [-0.39, 0.29) is 5.91 Å². The summed E-state index contributed by atoms with van der Waals surface area (Å²) in [5.41, 5.74) is 2.40. The minimum Gasteiger partial charge on any atom is -0.382 e. The molecule has 0 aliphatic rings. The van der Waals surface area contributed by atoms with Gasteiger partial charge in [0.05, 0.1) is 6.42 Å². The van der Waals surface area contributed by atoms with E-state index in [1.54, 1.807) is 0 Å². The predicted octanol–water partition coefficient (Wildman–Crippen LogP) is 2.97. The minimum atomic E-state index is 0.0816. The van der Waals surface area contributed by atoms with Crippen molar-refractivity contribution in [3.05, 3.63) is 35.4 Å². The summed E-state index contributed by atoms with van der Waals surface area (Å²) in [6.07, 6.45) is 2.41. The highest BCUT2D eigenvalue weighted by Crippen LogP contribution is 2.10. The molecule has 0 radical (unpaired) electrons. The highest BCUT2D eigenvalue weighted by molar-refractivity contribution is 5.78. The van der Waals surface area contributed by atoms with Crippen LogP contribution < -0.4 is 5.32 Å². The first-order valence-corrected chi connectivity index (χ1v) is 7.54. The van der Waals surface area contributed by atoms with Crippen LogP contribution in [0, 0.1) is 5.92 Å². The van der Waals surface area contributed by atoms with Crippen molar-refractivity contribution in [2.45, 2.75) is 40.0 Å². The fourth-order valence-corrected chi connectivity index (χ4v) is 2.06. The van der Waals surface area contributed by atoms with E-state index < -0.39 is 0 Å². The molecule has 0 spiro atoms. The molecule has 0 bridgehead atoms. The second-order valence-corrected chi connectivity index (χ2v) is 5.49. The van der Waals surface area contributed by atoms with Crippen molar-refractivity contribution in [1.82, 2.24) is 5.32 Å². The number of carbonyl (C=O) groups is 1. The molecule has 0 saturated heterocycles. The van der Waals surface area contributed by atoms with E-state index in [1.165, 1.54) is 5.56 Å². The maximum absolute atomic E-state index is 11.8. The molecule has 112 valence electrons. The van der Waals surface area contributed by atoms with Gasteiger partial charge in [-0.3, -0.25) is 4.79 Å². The topological polar surface area (TPSA) is 38.3 Å². The first-order valence-electron chi connectivity index (χ1n) is 7.54. The number of amides is 1. The van der Waals surface area contributed by atoms with Gasteiger partial charge in [-0.1, -0.05) is 38.1 Å². The Morgan fingerprint density at radius 2 is 1.85 bits per heavy atom. The van der Waals surface area contributed by atoms with Gasteiger partial charge in [0.1, 0.15) is 0 Å². The molecule has 1 N–H and O–H groups in total. The summed E-state index contributed by atoms with van der Waals surface area (Å²) in [7, 11) is 0. The molecule has 0 aliphatic carbocycles. The van der Waals surface area contributed by atoms with Crippen molar-refractivity contribution in [2.24, 2.45) is 5.92 Å². The Morgan fingerprint density at radius 3 is 2.45 bits per heavy atom. The van der Waals surface area contributed by atoms with Crippen LogP contribution in [-0.2, 0) is 22.4 Å². The summed E-state index contributed by atoms with van der Waals surface area (Å²) < 4.78 is 5.23. The fraction of sp³-hybridized carbons (Fsp3) is 0.588. The zero-order chi connectivity index (χ0) is 14.8. The minimum absolute atomic E-state index is 0.0816. The second kappa shape index (κ2) is 9.54. The number of rotatable bonds is 9. The summed E-state index contributed by atoms with van der Waals surface area (Å²) in [4.78, 5) is 11.8. The summed E-state index contributed by atoms with van der Waals surface area (Å²) in [5.74, 6) is 0.743. The van der Waals surface area contributed by atoms with Crippen LogP contribution in [0.25, 0.3) is 0 Å². The van der Waals surface area contributed by atoms with Crippen LogP contribution >= 0.6 is 0 Å². The summed E-state index contributed by atoms with van der Waals surface area (Å²) in [6, 6.07) is 8.35. The first kappa shape index (κ1) is 16.7. The van der Waals surface area contributed by atoms with Crippen molar-refractivity contribution in [3.8, 4) is 0 Å². The van der Waals surface area contributed by atoms with Gasteiger partial charge in [-0.2, -0.15) is 0 Å². The lowest BCUT2D eigenvalue weighted by molar-refractivity contribution is -0.120. The number of nitrogens with one attached hydrogen (secondary N) is 1. The Labute approximate surface area is 122 Å². The quantitative estimate of drug-likeness (QED) is 0.705. The van der Waals surface area contributed by atoms with Crippen LogP contribution in [0.2, 0.25) is 0 Å². The van der Waals surface area contributed by atoms with E-state index >= 15 is 0 Å². The molecule has 0 aliphatic heterocycles. The van der Waals surface area contributed by atoms with Gasteiger partial charge in [0.25, 0.3) is 0 Å². The molecule has 0 fully saturated rings. The van der Waals surface area contributed by atoms with E-state index in [4.69, 9.17) is 4.74 Å². The molecule has 0 unspecified atom stereocenters. The smallest absolute Gasteiger partial charge is 0.224 e. The van der Waals surface area contributed by atoms with E-state index in [0.29, 0.717) is 25.5 Å². The van der Waals surface area contributed by atoms with Gasteiger partial charge < -0.3 is 10.1 Å². The van der Waals surface area contributed by atoms with Crippen LogP contribution in [0.5, 0.6) is 0 Å². The van der Waals surface area contributed by atoms with E-state index in [2.05, 4.69) is 43.4 Å². The summed E-state index contributed by atoms with van der Waals surface area (Å²) >= 11 is 0. The monoisotopic (exact) mass is 277 g/mol. The number of hydrogen-bond acceptors (Lipinski definition) is 2. The fourth-order valence-electron chi connectivity index (χ4n) is 2.06. The van der Waals surface area contributed by atoms with Crippen LogP contribution in [0.1, 0.15) is 38.3 Å². The van der Waals surface area contributed by atoms with Gasteiger partial charge in [0, 0.05) is 19.8 Å². The Hall–Kier alpha value is -1.35. The maximum Gasteiger partial charge on any atom is 0.224 e. The Morgan fingerprint density at radius 1 is 1.20 bits per heavy atom. The molecule has 0 atom stereocenters. The number of ether oxygens (including phenoxy) is 1. The maximum atomic E-state index is 11.8. The molecule has 1 amide bonds. The van der Waals surface area contributed by atoms with Crippen LogP contribution in [0.4, 0.5) is 0 Å². The summed E-state index contributed by atoms with van der Waals surface area (Å²) in [6.45, 7) is 8.52. The molecule has 0 saturated carbocycles. The van der Waals surface area contributed by atoms with Gasteiger partial charge in [-0.25, -0.2) is 0 Å². The van der Waals surface area contributed by atoms with E-state index in [1.807, 2.05) is 6.92 Å². The molecule has 1 aromatic rings. The molecule has 3 nitrogen and oxygen atoms in total. The molecular weight excluding hydrogens is 250 g/mol. The van der Waals surface area contributed by atoms with Crippen molar-refractivity contribution in [1.29, 1.82) is 0 Å². The zero-order valence-corrected chi connectivity index (χ0v) is 12.9. The number of carbonyl (C=O) groups excluding carboxylic acids is 1. The van der Waals surface area contributed by atoms with Crippen LogP contribution in [0.15, 0.2) is 24.3 Å². The first-order chi connectivity index (χ1) is 9.61. The number of benzene rings is 1. The standard InChI is InChI=1S/C17H27NO2/c1-4-20-11-5-10-18-17(19)13-16-8-6-15(7-9-16)12-14(2)3/h6-9,14H,4-5,10-13H2,1-3H3,(H,18,19). The van der Waals surface area contributed by atoms with Crippen molar-refractivity contribution in [3.63, 3.8) is 0 Å². The van der Waals surface area contributed by atoms with E-state index in [0.717, 1.165) is 25.0 Å². The van der Waals surface area contributed by atoms with Gasteiger partial charge in [-0.15, -0.1) is 0 Å². The summed E-state index contributed by atoms with van der Waals surface area (Å²) in [5, 5.41) is 2.92. The molecule has 3 heteroatoms. The molecule has 0 aromatic heterocycles. The van der Waals surface area contributed by atoms with Gasteiger partial charge in [0.2, 0.25) is 5.91 Å². The second-order valence-electron chi connectivity index (χ2n) is 5.49. The molecule has 0 heterocycles. The van der Waals surface area contributed by atoms with Crippen molar-refractivity contribution in [2.75, 3.05) is 19.8 Å².